The summed E-state index contributed by atoms with van der Waals surface area (Å²) in [6, 6.07) is 43.4. The average Bonchev–Trinajstić information content (AvgIpc) is 3.57. The van der Waals surface area contributed by atoms with Gasteiger partial charge in [0.2, 0.25) is 5.95 Å². The normalized spacial score (nSPS) is 12.0. The molecule has 4 heteroatoms. The minimum Gasteiger partial charge on any atom is -0.278 e. The van der Waals surface area contributed by atoms with Crippen molar-refractivity contribution in [2.75, 3.05) is 0 Å². The topological polar surface area (TPSA) is 30.7 Å². The molecule has 0 bridgehead atoms. The van der Waals surface area contributed by atoms with Gasteiger partial charge in [-0.15, -0.1) is 11.3 Å². The number of thiophene rings is 1. The first-order chi connectivity index (χ1) is 19.8. The van der Waals surface area contributed by atoms with Crippen molar-refractivity contribution in [2.45, 2.75) is 0 Å². The molecule has 0 unspecified atom stereocenters. The van der Waals surface area contributed by atoms with Crippen LogP contribution in [0.2, 0.25) is 0 Å². The molecule has 0 fully saturated rings. The van der Waals surface area contributed by atoms with E-state index in [0.29, 0.717) is 5.95 Å². The van der Waals surface area contributed by atoms with Gasteiger partial charge in [0.25, 0.3) is 0 Å². The maximum absolute atomic E-state index is 4.97. The summed E-state index contributed by atoms with van der Waals surface area (Å²) >= 11 is 1.88. The van der Waals surface area contributed by atoms with Gasteiger partial charge in [-0.2, -0.15) is 0 Å². The lowest BCUT2D eigenvalue weighted by molar-refractivity contribution is 1.01. The van der Waals surface area contributed by atoms with Gasteiger partial charge in [-0.1, -0.05) is 91.0 Å². The fourth-order valence-electron chi connectivity index (χ4n) is 6.21. The summed E-state index contributed by atoms with van der Waals surface area (Å²) in [5.74, 6) is 0.690. The van der Waals surface area contributed by atoms with E-state index < -0.39 is 0 Å². The minimum atomic E-state index is 0.690. The molecular formula is C36H21N3S. The van der Waals surface area contributed by atoms with Crippen molar-refractivity contribution >= 4 is 75.0 Å². The van der Waals surface area contributed by atoms with Gasteiger partial charge in [0.15, 0.2) is 0 Å². The van der Waals surface area contributed by atoms with Crippen LogP contribution in [-0.4, -0.2) is 14.5 Å². The van der Waals surface area contributed by atoms with E-state index in [4.69, 9.17) is 9.97 Å². The smallest absolute Gasteiger partial charge is 0.235 e. The molecule has 6 aromatic carbocycles. The Morgan fingerprint density at radius 2 is 1.38 bits per heavy atom. The molecule has 40 heavy (non-hydrogen) atoms. The summed E-state index contributed by atoms with van der Waals surface area (Å²) in [6.45, 7) is 0. The number of hydrogen-bond donors (Lipinski definition) is 0. The van der Waals surface area contributed by atoms with E-state index in [2.05, 4.69) is 108 Å². The van der Waals surface area contributed by atoms with Gasteiger partial charge in [0.1, 0.15) is 0 Å². The Balaban J connectivity index is 1.35. The summed E-state index contributed by atoms with van der Waals surface area (Å²) in [7, 11) is 0. The second kappa shape index (κ2) is 8.22. The highest BCUT2D eigenvalue weighted by atomic mass is 32.1. The molecule has 0 aliphatic rings. The fourth-order valence-corrected chi connectivity index (χ4v) is 7.45. The van der Waals surface area contributed by atoms with Crippen LogP contribution in [0, 0.1) is 0 Å². The van der Waals surface area contributed by atoms with Crippen LogP contribution in [0.1, 0.15) is 0 Å². The molecule has 3 heterocycles. The monoisotopic (exact) mass is 527 g/mol. The number of hydrogen-bond acceptors (Lipinski definition) is 3. The number of fused-ring (bicyclic) bond motifs is 9. The zero-order chi connectivity index (χ0) is 26.2. The lowest BCUT2D eigenvalue weighted by atomic mass is 9.97. The van der Waals surface area contributed by atoms with E-state index >= 15 is 0 Å². The Morgan fingerprint density at radius 3 is 2.35 bits per heavy atom. The van der Waals surface area contributed by atoms with Gasteiger partial charge >= 0.3 is 0 Å². The van der Waals surface area contributed by atoms with Gasteiger partial charge in [-0.05, 0) is 52.2 Å². The molecule has 3 nitrogen and oxygen atoms in total. The molecule has 0 N–H and O–H groups in total. The summed E-state index contributed by atoms with van der Waals surface area (Å²) < 4.78 is 4.87. The minimum absolute atomic E-state index is 0.690. The first kappa shape index (κ1) is 21.8. The lowest BCUT2D eigenvalue weighted by Crippen LogP contribution is -2.00. The van der Waals surface area contributed by atoms with E-state index in [1.807, 2.05) is 35.7 Å². The number of aromatic nitrogens is 3. The molecular weight excluding hydrogens is 506 g/mol. The van der Waals surface area contributed by atoms with Crippen molar-refractivity contribution in [2.24, 2.45) is 0 Å². The van der Waals surface area contributed by atoms with E-state index in [-0.39, 0.29) is 0 Å². The van der Waals surface area contributed by atoms with Crippen molar-refractivity contribution in [3.05, 3.63) is 128 Å². The molecule has 9 rings (SSSR count). The number of rotatable bonds is 2. The lowest BCUT2D eigenvalue weighted by Gasteiger charge is -2.09. The van der Waals surface area contributed by atoms with E-state index in [9.17, 15) is 0 Å². The molecule has 0 amide bonds. The zero-order valence-corrected chi connectivity index (χ0v) is 22.2. The molecule has 9 aromatic rings. The average molecular weight is 528 g/mol. The van der Waals surface area contributed by atoms with Gasteiger partial charge in [-0.25, -0.2) is 9.97 Å². The Kier molecular flexibility index (Phi) is 4.48. The maximum Gasteiger partial charge on any atom is 0.235 e. The molecule has 0 saturated carbocycles. The molecule has 0 radical (unpaired) electrons. The van der Waals surface area contributed by atoms with Crippen molar-refractivity contribution in [3.63, 3.8) is 0 Å². The Morgan fingerprint density at radius 1 is 0.575 bits per heavy atom. The van der Waals surface area contributed by atoms with Crippen molar-refractivity contribution in [3.8, 4) is 17.1 Å². The SMILES string of the molecule is c1ccc2nc(-n3c4ccccc4c4c5cc(-c6cccc7c6sc6ccccc67)ccc5ccc43)ncc2c1. The van der Waals surface area contributed by atoms with E-state index in [0.717, 1.165) is 21.9 Å². The second-order valence-electron chi connectivity index (χ2n) is 10.3. The van der Waals surface area contributed by atoms with Crippen molar-refractivity contribution in [1.29, 1.82) is 0 Å². The third-order valence-electron chi connectivity index (χ3n) is 8.05. The van der Waals surface area contributed by atoms with Crippen molar-refractivity contribution < 1.29 is 0 Å². The highest BCUT2D eigenvalue weighted by Gasteiger charge is 2.17. The van der Waals surface area contributed by atoms with Crippen molar-refractivity contribution in [1.82, 2.24) is 14.5 Å². The predicted octanol–water partition coefficient (Wildman–Crippen LogP) is 9.91. The Labute approximate surface area is 233 Å². The quantitative estimate of drug-likeness (QED) is 0.224. The second-order valence-corrected chi connectivity index (χ2v) is 11.3. The van der Waals surface area contributed by atoms with Gasteiger partial charge in [0.05, 0.1) is 16.6 Å². The zero-order valence-electron chi connectivity index (χ0n) is 21.4. The van der Waals surface area contributed by atoms with Gasteiger partial charge in [0, 0.05) is 42.5 Å². The van der Waals surface area contributed by atoms with Gasteiger partial charge in [-0.3, -0.25) is 4.57 Å². The summed E-state index contributed by atoms with van der Waals surface area (Å²) in [6.07, 6.45) is 1.92. The largest absolute Gasteiger partial charge is 0.278 e. The first-order valence-electron chi connectivity index (χ1n) is 13.4. The van der Waals surface area contributed by atoms with E-state index in [1.54, 1.807) is 0 Å². The first-order valence-corrected chi connectivity index (χ1v) is 14.2. The molecule has 186 valence electrons. The fraction of sp³-hybridized carbons (Fsp3) is 0. The van der Waals surface area contributed by atoms with Crippen LogP contribution in [0.4, 0.5) is 0 Å². The Hall–Kier alpha value is -5.06. The Bertz CT molecular complexity index is 2450. The number of para-hydroxylation sites is 2. The summed E-state index contributed by atoms with van der Waals surface area (Å²) in [5.41, 5.74) is 5.67. The number of benzene rings is 6. The van der Waals surface area contributed by atoms with Crippen LogP contribution in [0.5, 0.6) is 0 Å². The molecule has 0 spiro atoms. The van der Waals surface area contributed by atoms with Crippen LogP contribution in [0.15, 0.2) is 128 Å². The van der Waals surface area contributed by atoms with Crippen LogP contribution in [-0.2, 0) is 0 Å². The summed E-state index contributed by atoms with van der Waals surface area (Å²) in [4.78, 5) is 9.77. The predicted molar refractivity (Wildman–Crippen MR) is 170 cm³/mol. The standard InChI is InChI=1S/C36H21N3S/c1-4-13-30-24(8-1)21-37-36(38-30)39-31-14-5-2-10-28(31)34-29-20-23(17-16-22(29)18-19-32(34)39)25-11-7-12-27-26-9-3-6-15-33(26)40-35(25)27/h1-21H. The highest BCUT2D eigenvalue weighted by Crippen LogP contribution is 2.42. The molecule has 3 aromatic heterocycles. The molecule has 0 aliphatic carbocycles. The van der Waals surface area contributed by atoms with Crippen LogP contribution >= 0.6 is 11.3 Å². The van der Waals surface area contributed by atoms with Crippen LogP contribution in [0.3, 0.4) is 0 Å². The number of nitrogens with zero attached hydrogens (tertiary/aromatic N) is 3. The summed E-state index contributed by atoms with van der Waals surface area (Å²) in [5, 5.41) is 8.59. The molecule has 0 aliphatic heterocycles. The van der Waals surface area contributed by atoms with Crippen LogP contribution in [0.25, 0.3) is 80.7 Å². The third kappa shape index (κ3) is 3.05. The maximum atomic E-state index is 4.97. The third-order valence-corrected chi connectivity index (χ3v) is 9.27. The molecule has 0 atom stereocenters. The highest BCUT2D eigenvalue weighted by molar-refractivity contribution is 7.26. The van der Waals surface area contributed by atoms with Gasteiger partial charge < -0.3 is 0 Å². The van der Waals surface area contributed by atoms with Crippen LogP contribution < -0.4 is 0 Å². The molecule has 0 saturated heterocycles. The van der Waals surface area contributed by atoms with E-state index in [1.165, 1.54) is 52.8 Å².